The molecule has 5 heteroatoms. The smallest absolute Gasteiger partial charge is 0.338 e. The largest absolute Gasteiger partial charge is 0.506 e. The zero-order valence-electron chi connectivity index (χ0n) is 10.9. The molecule has 0 bridgehead atoms. The number of hydrogen-bond acceptors (Lipinski definition) is 5. The molecule has 0 saturated carbocycles. The van der Waals surface area contributed by atoms with Crippen molar-refractivity contribution in [3.05, 3.63) is 23.8 Å². The number of nitrogens with two attached hydrogens (primary N) is 1. The fourth-order valence-corrected chi connectivity index (χ4v) is 1.24. The van der Waals surface area contributed by atoms with Crippen molar-refractivity contribution in [3.63, 3.8) is 0 Å². The first-order valence-corrected chi connectivity index (χ1v) is 5.69. The number of esters is 1. The van der Waals surface area contributed by atoms with Gasteiger partial charge in [-0.05, 0) is 39.0 Å². The third-order valence-corrected chi connectivity index (χ3v) is 2.12. The van der Waals surface area contributed by atoms with Gasteiger partial charge in [0.2, 0.25) is 0 Å². The standard InChI is InChI=1S/C13H19NO4/c1-13(2,3)18-7-6-17-12(16)9-4-5-10(14)11(15)8-9/h4-5,8,15H,6-7,14H2,1-3H3. The van der Waals surface area contributed by atoms with Crippen LogP contribution in [-0.4, -0.2) is 29.9 Å². The van der Waals surface area contributed by atoms with Gasteiger partial charge in [-0.3, -0.25) is 0 Å². The maximum Gasteiger partial charge on any atom is 0.338 e. The predicted octanol–water partition coefficient (Wildman–Crippen LogP) is 1.95. The van der Waals surface area contributed by atoms with Crippen molar-refractivity contribution in [2.75, 3.05) is 18.9 Å². The molecule has 0 amide bonds. The van der Waals surface area contributed by atoms with Gasteiger partial charge >= 0.3 is 5.97 Å². The number of carbonyl (C=O) groups excluding carboxylic acids is 1. The van der Waals surface area contributed by atoms with Crippen LogP contribution in [0.3, 0.4) is 0 Å². The van der Waals surface area contributed by atoms with Crippen molar-refractivity contribution in [1.82, 2.24) is 0 Å². The minimum Gasteiger partial charge on any atom is -0.506 e. The Hall–Kier alpha value is -1.75. The highest BCUT2D eigenvalue weighted by Gasteiger charge is 2.12. The molecule has 5 nitrogen and oxygen atoms in total. The molecule has 0 spiro atoms. The number of hydrogen-bond donors (Lipinski definition) is 2. The summed E-state index contributed by atoms with van der Waals surface area (Å²) < 4.78 is 10.4. The van der Waals surface area contributed by atoms with Crippen LogP contribution in [0.5, 0.6) is 5.75 Å². The van der Waals surface area contributed by atoms with Crippen molar-refractivity contribution >= 4 is 11.7 Å². The number of benzene rings is 1. The molecule has 0 unspecified atom stereocenters. The Labute approximate surface area is 107 Å². The lowest BCUT2D eigenvalue weighted by atomic mass is 10.2. The SMILES string of the molecule is CC(C)(C)OCCOC(=O)c1ccc(N)c(O)c1. The molecule has 0 heterocycles. The summed E-state index contributed by atoms with van der Waals surface area (Å²) in [6, 6.07) is 4.24. The molecule has 0 atom stereocenters. The van der Waals surface area contributed by atoms with E-state index in [2.05, 4.69) is 0 Å². The van der Waals surface area contributed by atoms with Crippen molar-refractivity contribution in [1.29, 1.82) is 0 Å². The Balaban J connectivity index is 2.43. The molecule has 1 rings (SSSR count). The molecule has 3 N–H and O–H groups in total. The van der Waals surface area contributed by atoms with Crippen LogP contribution in [0.25, 0.3) is 0 Å². The van der Waals surface area contributed by atoms with E-state index < -0.39 is 5.97 Å². The van der Waals surface area contributed by atoms with E-state index in [4.69, 9.17) is 15.2 Å². The molecule has 0 saturated heterocycles. The average Bonchev–Trinajstić information content (AvgIpc) is 2.26. The van der Waals surface area contributed by atoms with Crippen LogP contribution in [0, 0.1) is 0 Å². The minimum atomic E-state index is -0.511. The summed E-state index contributed by atoms with van der Waals surface area (Å²) in [4.78, 5) is 11.6. The van der Waals surface area contributed by atoms with E-state index >= 15 is 0 Å². The van der Waals surface area contributed by atoms with Crippen LogP contribution < -0.4 is 5.73 Å². The minimum absolute atomic E-state index is 0.129. The highest BCUT2D eigenvalue weighted by Crippen LogP contribution is 2.21. The van der Waals surface area contributed by atoms with Gasteiger partial charge in [-0.2, -0.15) is 0 Å². The second-order valence-corrected chi connectivity index (χ2v) is 4.87. The molecule has 0 radical (unpaired) electrons. The van der Waals surface area contributed by atoms with Gasteiger partial charge in [0, 0.05) is 0 Å². The zero-order valence-corrected chi connectivity index (χ0v) is 10.9. The van der Waals surface area contributed by atoms with Gasteiger partial charge in [0.15, 0.2) is 0 Å². The first-order chi connectivity index (χ1) is 8.29. The lowest BCUT2D eigenvalue weighted by molar-refractivity contribution is -0.0281. The number of anilines is 1. The normalized spacial score (nSPS) is 11.3. The van der Waals surface area contributed by atoms with Gasteiger partial charge in [-0.25, -0.2) is 4.79 Å². The second-order valence-electron chi connectivity index (χ2n) is 4.87. The third kappa shape index (κ3) is 4.63. The molecule has 0 fully saturated rings. The van der Waals surface area contributed by atoms with Crippen molar-refractivity contribution < 1.29 is 19.4 Å². The molecular formula is C13H19NO4. The van der Waals surface area contributed by atoms with Crippen LogP contribution in [0.15, 0.2) is 18.2 Å². The van der Waals surface area contributed by atoms with Crippen LogP contribution in [0.1, 0.15) is 31.1 Å². The number of ether oxygens (including phenoxy) is 2. The summed E-state index contributed by atoms with van der Waals surface area (Å²) in [6.45, 7) is 6.27. The topological polar surface area (TPSA) is 81.8 Å². The molecule has 100 valence electrons. The van der Waals surface area contributed by atoms with Gasteiger partial charge in [-0.15, -0.1) is 0 Å². The predicted molar refractivity (Wildman–Crippen MR) is 68.5 cm³/mol. The summed E-state index contributed by atoms with van der Waals surface area (Å²) >= 11 is 0. The fraction of sp³-hybridized carbons (Fsp3) is 0.462. The number of aromatic hydroxyl groups is 1. The fourth-order valence-electron chi connectivity index (χ4n) is 1.24. The van der Waals surface area contributed by atoms with Crippen LogP contribution >= 0.6 is 0 Å². The lowest BCUT2D eigenvalue weighted by Gasteiger charge is -2.19. The van der Waals surface area contributed by atoms with Crippen molar-refractivity contribution in [2.24, 2.45) is 0 Å². The highest BCUT2D eigenvalue weighted by atomic mass is 16.6. The Morgan fingerprint density at radius 2 is 2.00 bits per heavy atom. The Kier molecular flexibility index (Phi) is 4.55. The summed E-state index contributed by atoms with van der Waals surface area (Å²) in [5, 5.41) is 9.37. The Morgan fingerprint density at radius 1 is 1.33 bits per heavy atom. The van der Waals surface area contributed by atoms with Gasteiger partial charge in [0.1, 0.15) is 12.4 Å². The molecule has 0 aliphatic heterocycles. The molecule has 0 aliphatic rings. The van der Waals surface area contributed by atoms with E-state index in [0.717, 1.165) is 0 Å². The number of nitrogen functional groups attached to an aromatic ring is 1. The number of rotatable bonds is 4. The van der Waals surface area contributed by atoms with Crippen molar-refractivity contribution in [2.45, 2.75) is 26.4 Å². The van der Waals surface area contributed by atoms with E-state index in [0.29, 0.717) is 6.61 Å². The van der Waals surface area contributed by atoms with Crippen LogP contribution in [-0.2, 0) is 9.47 Å². The van der Waals surface area contributed by atoms with E-state index in [-0.39, 0.29) is 29.2 Å². The van der Waals surface area contributed by atoms with E-state index in [1.165, 1.54) is 18.2 Å². The molecular weight excluding hydrogens is 234 g/mol. The van der Waals surface area contributed by atoms with Crippen molar-refractivity contribution in [3.8, 4) is 5.75 Å². The van der Waals surface area contributed by atoms with Crippen LogP contribution in [0.2, 0.25) is 0 Å². The highest BCUT2D eigenvalue weighted by molar-refractivity contribution is 5.90. The van der Waals surface area contributed by atoms with E-state index in [9.17, 15) is 9.90 Å². The summed E-state index contributed by atoms with van der Waals surface area (Å²) in [7, 11) is 0. The maximum atomic E-state index is 11.6. The third-order valence-electron chi connectivity index (χ3n) is 2.12. The quantitative estimate of drug-likeness (QED) is 0.371. The van der Waals surface area contributed by atoms with Gasteiger partial charge in [0.25, 0.3) is 0 Å². The average molecular weight is 253 g/mol. The number of phenols is 1. The van der Waals surface area contributed by atoms with E-state index in [1.807, 2.05) is 20.8 Å². The number of carbonyl (C=O) groups is 1. The lowest BCUT2D eigenvalue weighted by Crippen LogP contribution is -2.22. The molecule has 1 aromatic rings. The maximum absolute atomic E-state index is 11.6. The van der Waals surface area contributed by atoms with Gasteiger partial charge in [0.05, 0.1) is 23.5 Å². The number of phenolic OH excluding ortho intramolecular Hbond substituents is 1. The molecule has 18 heavy (non-hydrogen) atoms. The monoisotopic (exact) mass is 253 g/mol. The van der Waals surface area contributed by atoms with Gasteiger partial charge < -0.3 is 20.3 Å². The molecule has 0 aliphatic carbocycles. The van der Waals surface area contributed by atoms with Crippen LogP contribution in [0.4, 0.5) is 5.69 Å². The first-order valence-electron chi connectivity index (χ1n) is 5.69. The Bertz CT molecular complexity index is 423. The van der Waals surface area contributed by atoms with Gasteiger partial charge in [-0.1, -0.05) is 0 Å². The second kappa shape index (κ2) is 5.73. The summed E-state index contributed by atoms with van der Waals surface area (Å²) in [5.41, 5.74) is 5.66. The van der Waals surface area contributed by atoms with E-state index in [1.54, 1.807) is 0 Å². The summed E-state index contributed by atoms with van der Waals surface area (Å²) in [5.74, 6) is -0.641. The Morgan fingerprint density at radius 3 is 2.56 bits per heavy atom. The molecule has 0 aromatic heterocycles. The summed E-state index contributed by atoms with van der Waals surface area (Å²) in [6.07, 6.45) is 0. The molecule has 1 aromatic carbocycles. The zero-order chi connectivity index (χ0) is 13.8. The first kappa shape index (κ1) is 14.3.